The summed E-state index contributed by atoms with van der Waals surface area (Å²) < 4.78 is 46.6. The molecule has 1 aliphatic rings. The smallest absolute Gasteiger partial charge is 0.338 e. The number of esters is 1. The summed E-state index contributed by atoms with van der Waals surface area (Å²) in [5.74, 6) is -3.41. The summed E-state index contributed by atoms with van der Waals surface area (Å²) >= 11 is 6.25. The van der Waals surface area contributed by atoms with E-state index in [2.05, 4.69) is 15.3 Å². The fourth-order valence-corrected chi connectivity index (χ4v) is 3.78. The predicted octanol–water partition coefficient (Wildman–Crippen LogP) is 1.96. The van der Waals surface area contributed by atoms with E-state index in [1.807, 2.05) is 0 Å². The molecule has 1 aliphatic heterocycles. The quantitative estimate of drug-likeness (QED) is 0.454. The number of ether oxygens (including phenoxy) is 1. The van der Waals surface area contributed by atoms with Gasteiger partial charge in [-0.15, -0.1) is 0 Å². The fraction of sp³-hybridized carbons (Fsp3) is 0.318. The Morgan fingerprint density at radius 2 is 1.88 bits per heavy atom. The number of aliphatic hydroxyl groups is 2. The molecule has 0 saturated carbocycles. The zero-order valence-electron chi connectivity index (χ0n) is 18.1. The van der Waals surface area contributed by atoms with Gasteiger partial charge in [0.2, 0.25) is 0 Å². The molecule has 0 aliphatic carbocycles. The van der Waals surface area contributed by atoms with Crippen LogP contribution in [0.3, 0.4) is 0 Å². The molecule has 1 aromatic heterocycles. The van der Waals surface area contributed by atoms with Crippen LogP contribution >= 0.6 is 11.6 Å². The Labute approximate surface area is 198 Å². The summed E-state index contributed by atoms with van der Waals surface area (Å²) in [4.78, 5) is 22.6. The number of nitrogens with one attached hydrogen (secondary N) is 1. The molecule has 2 aromatic rings. The van der Waals surface area contributed by atoms with Gasteiger partial charge >= 0.3 is 5.97 Å². The molecule has 0 bridgehead atoms. The number of hydrogen-bond donors (Lipinski definition) is 3. The van der Waals surface area contributed by atoms with Gasteiger partial charge in [-0.25, -0.2) is 22.9 Å². The second-order valence-corrected chi connectivity index (χ2v) is 7.67. The van der Waals surface area contributed by atoms with Crippen molar-refractivity contribution in [1.82, 2.24) is 15.2 Å². The molecule has 1 unspecified atom stereocenters. The molecule has 12 heteroatoms. The fourth-order valence-electron chi connectivity index (χ4n) is 3.50. The van der Waals surface area contributed by atoms with Crippen molar-refractivity contribution in [2.75, 3.05) is 40.0 Å². The van der Waals surface area contributed by atoms with Gasteiger partial charge < -0.3 is 20.3 Å². The molecule has 1 atom stereocenters. The summed E-state index contributed by atoms with van der Waals surface area (Å²) in [6, 6.07) is 3.00. The van der Waals surface area contributed by atoms with E-state index in [1.54, 1.807) is 4.90 Å². The maximum atomic E-state index is 14.6. The Balaban J connectivity index is 2.20. The SMILES string of the molecule is COC(=O)C1=C(CN(CCO)CCO)NC(c2ncc(F)cc2F)=NC1c1ccc(F)cc1Cl. The number of methoxy groups -OCH3 is 1. The first kappa shape index (κ1) is 25.6. The van der Waals surface area contributed by atoms with Crippen molar-refractivity contribution < 1.29 is 32.9 Å². The molecule has 0 radical (unpaired) electrons. The predicted molar refractivity (Wildman–Crippen MR) is 118 cm³/mol. The highest BCUT2D eigenvalue weighted by atomic mass is 35.5. The largest absolute Gasteiger partial charge is 0.466 e. The topological polar surface area (TPSA) is 107 Å². The van der Waals surface area contributed by atoms with Crippen molar-refractivity contribution in [3.8, 4) is 0 Å². The summed E-state index contributed by atoms with van der Waals surface area (Å²) in [7, 11) is 1.16. The third-order valence-electron chi connectivity index (χ3n) is 5.03. The van der Waals surface area contributed by atoms with Crippen LogP contribution in [0.2, 0.25) is 5.02 Å². The Bertz CT molecular complexity index is 1120. The first-order valence-electron chi connectivity index (χ1n) is 10.2. The summed E-state index contributed by atoms with van der Waals surface area (Å²) in [5.41, 5.74) is 0.123. The first-order valence-corrected chi connectivity index (χ1v) is 10.5. The molecule has 8 nitrogen and oxygen atoms in total. The Kier molecular flexibility index (Phi) is 8.61. The minimum atomic E-state index is -1.15. The van der Waals surface area contributed by atoms with Gasteiger partial charge in [-0.1, -0.05) is 17.7 Å². The minimum absolute atomic E-state index is 0.00292. The number of aromatic nitrogens is 1. The summed E-state index contributed by atoms with van der Waals surface area (Å²) in [6.07, 6.45) is 0.811. The van der Waals surface area contributed by atoms with Crippen molar-refractivity contribution in [3.05, 3.63) is 75.5 Å². The third kappa shape index (κ3) is 5.73. The molecule has 0 amide bonds. The zero-order valence-corrected chi connectivity index (χ0v) is 18.8. The van der Waals surface area contributed by atoms with Crippen LogP contribution in [0.4, 0.5) is 13.2 Å². The third-order valence-corrected chi connectivity index (χ3v) is 5.36. The molecule has 2 heterocycles. The van der Waals surface area contributed by atoms with Gasteiger partial charge in [-0.3, -0.25) is 9.89 Å². The summed E-state index contributed by atoms with van der Waals surface area (Å²) in [5, 5.41) is 21.6. The van der Waals surface area contributed by atoms with E-state index in [0.717, 1.165) is 25.4 Å². The van der Waals surface area contributed by atoms with Crippen LogP contribution in [-0.2, 0) is 9.53 Å². The zero-order chi connectivity index (χ0) is 24.8. The van der Waals surface area contributed by atoms with E-state index in [-0.39, 0.29) is 66.2 Å². The number of halogens is 4. The number of carbonyl (C=O) groups excluding carboxylic acids is 1. The van der Waals surface area contributed by atoms with E-state index in [1.165, 1.54) is 6.07 Å². The van der Waals surface area contributed by atoms with Gasteiger partial charge in [0.15, 0.2) is 11.7 Å². The van der Waals surface area contributed by atoms with Crippen LogP contribution in [-0.4, -0.2) is 71.9 Å². The van der Waals surface area contributed by atoms with Crippen molar-refractivity contribution in [2.45, 2.75) is 6.04 Å². The number of carbonyl (C=O) groups is 1. The number of hydrogen-bond acceptors (Lipinski definition) is 8. The van der Waals surface area contributed by atoms with Gasteiger partial charge in [0.05, 0.1) is 32.1 Å². The van der Waals surface area contributed by atoms with Gasteiger partial charge in [0.1, 0.15) is 23.4 Å². The number of amidine groups is 1. The number of pyridine rings is 1. The number of benzene rings is 1. The molecular weight excluding hydrogens is 477 g/mol. The first-order chi connectivity index (χ1) is 16.3. The lowest BCUT2D eigenvalue weighted by Crippen LogP contribution is -2.41. The maximum absolute atomic E-state index is 14.6. The maximum Gasteiger partial charge on any atom is 0.338 e. The highest BCUT2D eigenvalue weighted by molar-refractivity contribution is 6.31. The van der Waals surface area contributed by atoms with Crippen LogP contribution in [0, 0.1) is 17.5 Å². The van der Waals surface area contributed by atoms with Crippen LogP contribution in [0.15, 0.2) is 46.7 Å². The molecular formula is C22H22ClF3N4O4. The van der Waals surface area contributed by atoms with Crippen LogP contribution in [0.5, 0.6) is 0 Å². The highest BCUT2D eigenvalue weighted by Crippen LogP contribution is 2.36. The van der Waals surface area contributed by atoms with E-state index in [0.29, 0.717) is 6.07 Å². The molecule has 34 heavy (non-hydrogen) atoms. The van der Waals surface area contributed by atoms with Crippen LogP contribution in [0.1, 0.15) is 17.3 Å². The minimum Gasteiger partial charge on any atom is -0.466 e. The second-order valence-electron chi connectivity index (χ2n) is 7.26. The van der Waals surface area contributed by atoms with Gasteiger partial charge in [-0.05, 0) is 12.1 Å². The normalized spacial score (nSPS) is 15.9. The van der Waals surface area contributed by atoms with Gasteiger partial charge in [0, 0.05) is 42.0 Å². The molecule has 0 fully saturated rings. The van der Waals surface area contributed by atoms with Gasteiger partial charge in [-0.2, -0.15) is 0 Å². The lowest BCUT2D eigenvalue weighted by atomic mass is 9.95. The van der Waals surface area contributed by atoms with E-state index < -0.39 is 29.5 Å². The molecule has 0 spiro atoms. The number of nitrogens with zero attached hydrogens (tertiary/aromatic N) is 3. The average molecular weight is 499 g/mol. The average Bonchev–Trinajstić information content (AvgIpc) is 2.78. The molecule has 1 aromatic carbocycles. The number of aliphatic imine (C=N–C) groups is 1. The highest BCUT2D eigenvalue weighted by Gasteiger charge is 2.34. The second kappa shape index (κ2) is 11.4. The molecule has 3 rings (SSSR count). The Morgan fingerprint density at radius 1 is 1.18 bits per heavy atom. The van der Waals surface area contributed by atoms with Crippen molar-refractivity contribution in [3.63, 3.8) is 0 Å². The number of aliphatic hydroxyl groups excluding tert-OH is 2. The van der Waals surface area contributed by atoms with Crippen LogP contribution < -0.4 is 5.32 Å². The molecule has 182 valence electrons. The summed E-state index contributed by atoms with van der Waals surface area (Å²) in [6.45, 7) is -0.176. The monoisotopic (exact) mass is 498 g/mol. The van der Waals surface area contributed by atoms with Crippen LogP contribution in [0.25, 0.3) is 0 Å². The Morgan fingerprint density at radius 3 is 2.47 bits per heavy atom. The van der Waals surface area contributed by atoms with E-state index in [4.69, 9.17) is 16.3 Å². The molecule has 3 N–H and O–H groups in total. The van der Waals surface area contributed by atoms with Crippen molar-refractivity contribution in [1.29, 1.82) is 0 Å². The molecule has 0 saturated heterocycles. The van der Waals surface area contributed by atoms with E-state index in [9.17, 15) is 28.2 Å². The lowest BCUT2D eigenvalue weighted by Gasteiger charge is -2.30. The van der Waals surface area contributed by atoms with Crippen molar-refractivity contribution >= 4 is 23.4 Å². The van der Waals surface area contributed by atoms with Gasteiger partial charge in [0.25, 0.3) is 0 Å². The lowest BCUT2D eigenvalue weighted by molar-refractivity contribution is -0.136. The van der Waals surface area contributed by atoms with Crippen molar-refractivity contribution in [2.24, 2.45) is 4.99 Å². The number of rotatable bonds is 9. The van der Waals surface area contributed by atoms with E-state index >= 15 is 0 Å². The Hall–Kier alpha value is -2.99. The standard InChI is InChI=1S/C22H22ClF3N4O4/c1-34-22(33)18-17(11-30(4-6-31)5-7-32)28-21(20-16(26)9-13(25)10-27-20)29-19(18)14-3-2-12(24)8-15(14)23/h2-3,8-10,19,31-32H,4-7,11H2,1H3,(H,28,29).